The average Bonchev–Trinajstić information content (AvgIpc) is 2.46. The first-order valence-corrected chi connectivity index (χ1v) is 5.85. The number of aliphatic imine (C=N–C) groups is 1. The fourth-order valence-electron chi connectivity index (χ4n) is 1.86. The van der Waals surface area contributed by atoms with Crippen LogP contribution in [0.2, 0.25) is 0 Å². The van der Waals surface area contributed by atoms with E-state index in [2.05, 4.69) is 34.2 Å². The monoisotopic (exact) mass is 232 g/mol. The van der Waals surface area contributed by atoms with Crippen LogP contribution in [0.15, 0.2) is 72.0 Å². The van der Waals surface area contributed by atoms with Crippen molar-refractivity contribution < 1.29 is 0 Å². The van der Waals surface area contributed by atoms with Crippen molar-refractivity contribution in [1.29, 1.82) is 0 Å². The third-order valence-corrected chi connectivity index (χ3v) is 2.80. The quantitative estimate of drug-likeness (QED) is 0.613. The number of fused-ring (bicyclic) bond motifs is 1. The standard InChI is InChI=1S/C16H12N2/c1-2-4-15-11-16(6-5-14(15)3-1)18-12-13-7-9-17-10-8-13/h1-12H. The molecule has 0 aliphatic carbocycles. The molecule has 0 saturated heterocycles. The molecule has 3 aromatic rings. The molecule has 0 unspecified atom stereocenters. The van der Waals surface area contributed by atoms with Crippen molar-refractivity contribution in [3.63, 3.8) is 0 Å². The summed E-state index contributed by atoms with van der Waals surface area (Å²) in [5, 5.41) is 2.45. The maximum Gasteiger partial charge on any atom is 0.0636 e. The van der Waals surface area contributed by atoms with Crippen LogP contribution in [0.1, 0.15) is 5.56 Å². The second-order valence-electron chi connectivity index (χ2n) is 4.07. The van der Waals surface area contributed by atoms with Crippen LogP contribution in [-0.2, 0) is 0 Å². The van der Waals surface area contributed by atoms with Gasteiger partial charge in [-0.25, -0.2) is 0 Å². The van der Waals surface area contributed by atoms with Gasteiger partial charge in [0.25, 0.3) is 0 Å². The summed E-state index contributed by atoms with van der Waals surface area (Å²) in [4.78, 5) is 8.45. The molecule has 2 aromatic carbocycles. The molecule has 1 aromatic heterocycles. The van der Waals surface area contributed by atoms with Gasteiger partial charge in [-0.2, -0.15) is 0 Å². The largest absolute Gasteiger partial charge is 0.265 e. The van der Waals surface area contributed by atoms with Crippen molar-refractivity contribution in [2.45, 2.75) is 0 Å². The summed E-state index contributed by atoms with van der Waals surface area (Å²) in [6, 6.07) is 18.4. The second-order valence-corrected chi connectivity index (χ2v) is 4.07. The molecule has 0 N–H and O–H groups in total. The van der Waals surface area contributed by atoms with Crippen LogP contribution in [0.3, 0.4) is 0 Å². The number of hydrogen-bond donors (Lipinski definition) is 0. The van der Waals surface area contributed by atoms with Gasteiger partial charge in [0.1, 0.15) is 0 Å². The predicted molar refractivity (Wildman–Crippen MR) is 75.4 cm³/mol. The summed E-state index contributed by atoms with van der Waals surface area (Å²) in [7, 11) is 0. The Labute approximate surface area is 106 Å². The summed E-state index contributed by atoms with van der Waals surface area (Å²) < 4.78 is 0. The van der Waals surface area contributed by atoms with Crippen molar-refractivity contribution in [2.24, 2.45) is 4.99 Å². The van der Waals surface area contributed by atoms with E-state index in [1.807, 2.05) is 36.5 Å². The fourth-order valence-corrected chi connectivity index (χ4v) is 1.86. The lowest BCUT2D eigenvalue weighted by molar-refractivity contribution is 1.32. The molecule has 0 amide bonds. The maximum absolute atomic E-state index is 4.47. The third kappa shape index (κ3) is 2.28. The van der Waals surface area contributed by atoms with E-state index in [0.29, 0.717) is 0 Å². The normalized spacial score (nSPS) is 11.1. The predicted octanol–water partition coefficient (Wildman–Crippen LogP) is 3.99. The molecular formula is C16H12N2. The molecule has 0 bridgehead atoms. The van der Waals surface area contributed by atoms with Crippen LogP contribution >= 0.6 is 0 Å². The highest BCUT2D eigenvalue weighted by Crippen LogP contribution is 2.20. The summed E-state index contributed by atoms with van der Waals surface area (Å²) in [6.07, 6.45) is 5.38. The van der Waals surface area contributed by atoms with Gasteiger partial charge in [0.2, 0.25) is 0 Å². The molecule has 0 spiro atoms. The lowest BCUT2D eigenvalue weighted by Crippen LogP contribution is -1.80. The zero-order valence-corrected chi connectivity index (χ0v) is 9.82. The van der Waals surface area contributed by atoms with E-state index in [0.717, 1.165) is 11.3 Å². The van der Waals surface area contributed by atoms with E-state index in [-0.39, 0.29) is 0 Å². The number of pyridine rings is 1. The summed E-state index contributed by atoms with van der Waals surface area (Å²) in [6.45, 7) is 0. The molecule has 0 aliphatic heterocycles. The van der Waals surface area contributed by atoms with E-state index in [4.69, 9.17) is 0 Å². The number of benzene rings is 2. The van der Waals surface area contributed by atoms with Crippen LogP contribution in [0.25, 0.3) is 10.8 Å². The van der Waals surface area contributed by atoms with Crippen LogP contribution < -0.4 is 0 Å². The average molecular weight is 232 g/mol. The number of hydrogen-bond acceptors (Lipinski definition) is 2. The molecule has 1 heterocycles. The summed E-state index contributed by atoms with van der Waals surface area (Å²) in [5.74, 6) is 0. The van der Waals surface area contributed by atoms with Gasteiger partial charge < -0.3 is 0 Å². The molecule has 0 radical (unpaired) electrons. The highest BCUT2D eigenvalue weighted by atomic mass is 14.7. The second kappa shape index (κ2) is 4.80. The van der Waals surface area contributed by atoms with Crippen molar-refractivity contribution in [3.05, 3.63) is 72.6 Å². The van der Waals surface area contributed by atoms with Gasteiger partial charge >= 0.3 is 0 Å². The summed E-state index contributed by atoms with van der Waals surface area (Å²) in [5.41, 5.74) is 2.02. The van der Waals surface area contributed by atoms with Crippen LogP contribution in [0.4, 0.5) is 5.69 Å². The molecule has 18 heavy (non-hydrogen) atoms. The van der Waals surface area contributed by atoms with E-state index in [1.54, 1.807) is 12.4 Å². The molecule has 0 atom stereocenters. The number of rotatable bonds is 2. The van der Waals surface area contributed by atoms with E-state index in [9.17, 15) is 0 Å². The first kappa shape index (κ1) is 10.7. The van der Waals surface area contributed by atoms with Crippen molar-refractivity contribution in [3.8, 4) is 0 Å². The topological polar surface area (TPSA) is 25.2 Å². The fraction of sp³-hybridized carbons (Fsp3) is 0. The maximum atomic E-state index is 4.47. The Morgan fingerprint density at radius 2 is 1.61 bits per heavy atom. The Hall–Kier alpha value is -2.48. The Balaban J connectivity index is 1.93. The van der Waals surface area contributed by atoms with Gasteiger partial charge in [0, 0.05) is 18.6 Å². The molecule has 0 aliphatic rings. The van der Waals surface area contributed by atoms with Crippen LogP contribution in [-0.4, -0.2) is 11.2 Å². The molecule has 0 fully saturated rings. The lowest BCUT2D eigenvalue weighted by Gasteiger charge is -1.98. The Kier molecular flexibility index (Phi) is 2.84. The third-order valence-electron chi connectivity index (χ3n) is 2.80. The lowest BCUT2D eigenvalue weighted by atomic mass is 10.1. The molecule has 2 heteroatoms. The highest BCUT2D eigenvalue weighted by molar-refractivity contribution is 5.87. The Morgan fingerprint density at radius 3 is 2.44 bits per heavy atom. The number of nitrogens with zero attached hydrogens (tertiary/aromatic N) is 2. The van der Waals surface area contributed by atoms with Gasteiger partial charge in [0.15, 0.2) is 0 Å². The summed E-state index contributed by atoms with van der Waals surface area (Å²) >= 11 is 0. The zero-order chi connectivity index (χ0) is 12.2. The smallest absolute Gasteiger partial charge is 0.0636 e. The SMILES string of the molecule is C(=Nc1ccc2ccccc2c1)c1ccncc1. The van der Waals surface area contributed by atoms with Gasteiger partial charge in [-0.3, -0.25) is 9.98 Å². The van der Waals surface area contributed by atoms with Crippen LogP contribution in [0.5, 0.6) is 0 Å². The molecular weight excluding hydrogens is 220 g/mol. The molecule has 86 valence electrons. The van der Waals surface area contributed by atoms with E-state index < -0.39 is 0 Å². The Bertz CT molecular complexity index is 688. The van der Waals surface area contributed by atoms with Gasteiger partial charge in [-0.15, -0.1) is 0 Å². The molecule has 2 nitrogen and oxygen atoms in total. The Morgan fingerprint density at radius 1 is 0.833 bits per heavy atom. The van der Waals surface area contributed by atoms with Crippen LogP contribution in [0, 0.1) is 0 Å². The van der Waals surface area contributed by atoms with Crippen molar-refractivity contribution in [2.75, 3.05) is 0 Å². The minimum atomic E-state index is 0.963. The van der Waals surface area contributed by atoms with Gasteiger partial charge in [0.05, 0.1) is 5.69 Å². The molecule has 0 saturated carbocycles. The van der Waals surface area contributed by atoms with Gasteiger partial charge in [-0.05, 0) is 40.6 Å². The van der Waals surface area contributed by atoms with Crippen molar-refractivity contribution in [1.82, 2.24) is 4.98 Å². The van der Waals surface area contributed by atoms with Crippen molar-refractivity contribution >= 4 is 22.7 Å². The number of aromatic nitrogens is 1. The first-order chi connectivity index (χ1) is 8.92. The zero-order valence-electron chi connectivity index (χ0n) is 9.82. The molecule has 3 rings (SSSR count). The van der Waals surface area contributed by atoms with E-state index in [1.165, 1.54) is 10.8 Å². The highest BCUT2D eigenvalue weighted by Gasteiger charge is 1.93. The minimum absolute atomic E-state index is 0.963. The van der Waals surface area contributed by atoms with E-state index >= 15 is 0 Å². The first-order valence-electron chi connectivity index (χ1n) is 5.85. The van der Waals surface area contributed by atoms with Gasteiger partial charge in [-0.1, -0.05) is 30.3 Å². The minimum Gasteiger partial charge on any atom is -0.265 e.